The number of nitrogens with zero attached hydrogens (tertiary/aromatic N) is 3. The normalized spacial score (nSPS) is 21.1. The molecule has 0 bridgehead atoms. The molecule has 0 spiro atoms. The summed E-state index contributed by atoms with van der Waals surface area (Å²) in [6.07, 6.45) is 0.554. The molecule has 1 aliphatic heterocycles. The Kier molecular flexibility index (Phi) is 3.31. The highest BCUT2D eigenvalue weighted by Crippen LogP contribution is 2.29. The van der Waals surface area contributed by atoms with Crippen molar-refractivity contribution in [3.05, 3.63) is 42.0 Å². The third-order valence-corrected chi connectivity index (χ3v) is 5.28. The summed E-state index contributed by atoms with van der Waals surface area (Å²) >= 11 is 0. The van der Waals surface area contributed by atoms with Crippen molar-refractivity contribution in [2.45, 2.75) is 18.9 Å². The highest BCUT2D eigenvalue weighted by molar-refractivity contribution is 7.91. The van der Waals surface area contributed by atoms with Crippen molar-refractivity contribution in [3.8, 4) is 5.69 Å². The van der Waals surface area contributed by atoms with Gasteiger partial charge < -0.3 is 5.11 Å². The van der Waals surface area contributed by atoms with Crippen molar-refractivity contribution in [1.29, 1.82) is 0 Å². The summed E-state index contributed by atoms with van der Waals surface area (Å²) in [5.41, 5.74) is 0.834. The number of rotatable bonds is 3. The maximum Gasteiger partial charge on any atom is 0.163 e. The lowest BCUT2D eigenvalue weighted by atomic mass is 10.1. The summed E-state index contributed by atoms with van der Waals surface area (Å²) in [6, 6.07) is 9.43. The zero-order chi connectivity index (χ0) is 14.2. The molecule has 0 saturated carbocycles. The average molecular weight is 293 g/mol. The second kappa shape index (κ2) is 4.99. The van der Waals surface area contributed by atoms with Gasteiger partial charge in [0.2, 0.25) is 0 Å². The van der Waals surface area contributed by atoms with Crippen LogP contribution in [0.2, 0.25) is 0 Å². The van der Waals surface area contributed by atoms with E-state index in [0.29, 0.717) is 18.1 Å². The van der Waals surface area contributed by atoms with Gasteiger partial charge in [-0.05, 0) is 18.6 Å². The molecule has 1 aromatic carbocycles. The maximum atomic E-state index is 11.6. The molecule has 2 heterocycles. The van der Waals surface area contributed by atoms with Gasteiger partial charge in [-0.3, -0.25) is 4.57 Å². The number of hydrogen-bond donors (Lipinski definition) is 1. The molecule has 106 valence electrons. The fourth-order valence-corrected chi connectivity index (χ4v) is 4.29. The Balaban J connectivity index is 2.07. The predicted molar refractivity (Wildman–Crippen MR) is 73.3 cm³/mol. The monoisotopic (exact) mass is 293 g/mol. The summed E-state index contributed by atoms with van der Waals surface area (Å²) in [6.45, 7) is -0.235. The van der Waals surface area contributed by atoms with Crippen molar-refractivity contribution >= 4 is 9.84 Å². The van der Waals surface area contributed by atoms with Crippen LogP contribution >= 0.6 is 0 Å². The molecule has 1 aliphatic rings. The Hall–Kier alpha value is -1.73. The van der Waals surface area contributed by atoms with E-state index in [9.17, 15) is 13.5 Å². The SMILES string of the molecule is O=S1(=O)CCC(c2nnc(CO)n2-c2ccccc2)C1. The standard InChI is InChI=1S/C13H15N3O3S/c17-8-12-14-15-13(10-6-7-20(18,19)9-10)16(12)11-4-2-1-3-5-11/h1-5,10,17H,6-9H2. The molecule has 1 fully saturated rings. The van der Waals surface area contributed by atoms with Crippen LogP contribution in [0.25, 0.3) is 5.69 Å². The maximum absolute atomic E-state index is 11.6. The van der Waals surface area contributed by atoms with Crippen LogP contribution in [0.15, 0.2) is 30.3 Å². The Bertz CT molecular complexity index is 710. The summed E-state index contributed by atoms with van der Waals surface area (Å²) < 4.78 is 25.0. The third-order valence-electron chi connectivity index (χ3n) is 3.51. The Morgan fingerprint density at radius 3 is 2.60 bits per heavy atom. The lowest BCUT2D eigenvalue weighted by molar-refractivity contribution is 0.268. The van der Waals surface area contributed by atoms with Crippen LogP contribution in [0.1, 0.15) is 24.0 Å². The summed E-state index contributed by atoms with van der Waals surface area (Å²) in [4.78, 5) is 0. The molecule has 7 heteroatoms. The molecule has 1 N–H and O–H groups in total. The van der Waals surface area contributed by atoms with Crippen LogP contribution in [0.4, 0.5) is 0 Å². The molecule has 6 nitrogen and oxygen atoms in total. The minimum absolute atomic E-state index is 0.101. The Labute approximate surface area is 117 Å². The van der Waals surface area contributed by atoms with Crippen LogP contribution < -0.4 is 0 Å². The molecule has 20 heavy (non-hydrogen) atoms. The van der Waals surface area contributed by atoms with Gasteiger partial charge in [0.05, 0.1) is 11.5 Å². The van der Waals surface area contributed by atoms with E-state index in [2.05, 4.69) is 10.2 Å². The van der Waals surface area contributed by atoms with Crippen LogP contribution in [0.5, 0.6) is 0 Å². The topological polar surface area (TPSA) is 85.1 Å². The number of hydrogen-bond acceptors (Lipinski definition) is 5. The Morgan fingerprint density at radius 2 is 2.00 bits per heavy atom. The van der Waals surface area contributed by atoms with Gasteiger partial charge in [0.1, 0.15) is 12.4 Å². The van der Waals surface area contributed by atoms with Crippen LogP contribution in [0.3, 0.4) is 0 Å². The first-order valence-corrected chi connectivity index (χ1v) is 8.24. The molecule has 0 amide bonds. The van der Waals surface area contributed by atoms with Crippen molar-refractivity contribution < 1.29 is 13.5 Å². The molecule has 3 rings (SSSR count). The van der Waals surface area contributed by atoms with Gasteiger partial charge in [0.15, 0.2) is 15.7 Å². The van der Waals surface area contributed by atoms with E-state index in [0.717, 1.165) is 5.69 Å². The highest BCUT2D eigenvalue weighted by atomic mass is 32.2. The molecule has 0 radical (unpaired) electrons. The predicted octanol–water partition coefficient (Wildman–Crippen LogP) is 0.662. The van der Waals surface area contributed by atoms with Gasteiger partial charge in [-0.1, -0.05) is 18.2 Å². The van der Waals surface area contributed by atoms with Gasteiger partial charge in [-0.25, -0.2) is 8.42 Å². The minimum atomic E-state index is -2.98. The second-order valence-corrected chi connectivity index (χ2v) is 7.13. The molecule has 1 unspecified atom stereocenters. The molecule has 2 aromatic rings. The van der Waals surface area contributed by atoms with Gasteiger partial charge in [-0.15, -0.1) is 10.2 Å². The van der Waals surface area contributed by atoms with Gasteiger partial charge in [0.25, 0.3) is 0 Å². The molecule has 1 saturated heterocycles. The molecule has 1 aromatic heterocycles. The Morgan fingerprint density at radius 1 is 1.25 bits per heavy atom. The van der Waals surface area contributed by atoms with Crippen molar-refractivity contribution in [2.75, 3.05) is 11.5 Å². The molecule has 0 aliphatic carbocycles. The van der Waals surface area contributed by atoms with Crippen molar-refractivity contribution in [3.63, 3.8) is 0 Å². The van der Waals surface area contributed by atoms with E-state index in [-0.39, 0.29) is 24.0 Å². The molecule has 1 atom stereocenters. The smallest absolute Gasteiger partial charge is 0.163 e. The van der Waals surface area contributed by atoms with Crippen LogP contribution in [0, 0.1) is 0 Å². The largest absolute Gasteiger partial charge is 0.388 e. The number of aliphatic hydroxyl groups is 1. The second-order valence-electron chi connectivity index (χ2n) is 4.90. The van der Waals surface area contributed by atoms with E-state index < -0.39 is 9.84 Å². The van der Waals surface area contributed by atoms with E-state index in [4.69, 9.17) is 0 Å². The number of benzene rings is 1. The number of para-hydroxylation sites is 1. The number of aliphatic hydroxyl groups excluding tert-OH is 1. The fourth-order valence-electron chi connectivity index (χ4n) is 2.55. The average Bonchev–Trinajstić information content (AvgIpc) is 3.02. The zero-order valence-electron chi connectivity index (χ0n) is 10.8. The van der Waals surface area contributed by atoms with Gasteiger partial charge in [-0.2, -0.15) is 0 Å². The van der Waals surface area contributed by atoms with Crippen molar-refractivity contribution in [2.24, 2.45) is 0 Å². The molecular formula is C13H15N3O3S. The zero-order valence-corrected chi connectivity index (χ0v) is 11.6. The first-order valence-electron chi connectivity index (χ1n) is 6.41. The third kappa shape index (κ3) is 2.34. The van der Waals surface area contributed by atoms with Crippen LogP contribution in [-0.2, 0) is 16.4 Å². The summed E-state index contributed by atoms with van der Waals surface area (Å²) in [7, 11) is -2.98. The first kappa shape index (κ1) is 13.3. The summed E-state index contributed by atoms with van der Waals surface area (Å²) in [5, 5.41) is 17.5. The van der Waals surface area contributed by atoms with Crippen molar-refractivity contribution in [1.82, 2.24) is 14.8 Å². The van der Waals surface area contributed by atoms with E-state index >= 15 is 0 Å². The van der Waals surface area contributed by atoms with E-state index in [1.54, 1.807) is 4.57 Å². The lowest BCUT2D eigenvalue weighted by Gasteiger charge is -2.12. The minimum Gasteiger partial charge on any atom is -0.388 e. The number of aromatic nitrogens is 3. The number of sulfone groups is 1. The van der Waals surface area contributed by atoms with Crippen LogP contribution in [-0.4, -0.2) is 39.8 Å². The van der Waals surface area contributed by atoms with Gasteiger partial charge in [0, 0.05) is 11.6 Å². The highest BCUT2D eigenvalue weighted by Gasteiger charge is 2.33. The quantitative estimate of drug-likeness (QED) is 0.898. The summed E-state index contributed by atoms with van der Waals surface area (Å²) in [5.74, 6) is 1.17. The lowest BCUT2D eigenvalue weighted by Crippen LogP contribution is -2.11. The van der Waals surface area contributed by atoms with E-state index in [1.165, 1.54) is 0 Å². The molecular weight excluding hydrogens is 278 g/mol. The van der Waals surface area contributed by atoms with Gasteiger partial charge >= 0.3 is 0 Å². The fraction of sp³-hybridized carbons (Fsp3) is 0.385. The first-order chi connectivity index (χ1) is 9.61. The van der Waals surface area contributed by atoms with E-state index in [1.807, 2.05) is 30.3 Å².